The first-order valence-electron chi connectivity index (χ1n) is 11.2. The number of carbonyl (C=O) groups is 1. The van der Waals surface area contributed by atoms with Gasteiger partial charge in [0, 0.05) is 36.3 Å². The lowest BCUT2D eigenvalue weighted by Gasteiger charge is -2.26. The van der Waals surface area contributed by atoms with Crippen LogP contribution in [-0.4, -0.2) is 70.6 Å². The minimum absolute atomic E-state index is 0.211. The summed E-state index contributed by atoms with van der Waals surface area (Å²) in [6.07, 6.45) is 4.96. The highest BCUT2D eigenvalue weighted by molar-refractivity contribution is 6.31. The van der Waals surface area contributed by atoms with Gasteiger partial charge in [-0.05, 0) is 23.2 Å². The van der Waals surface area contributed by atoms with E-state index in [0.29, 0.717) is 53.1 Å². The number of methoxy groups -OCH3 is 1. The molecular weight excluding hydrogens is 472 g/mol. The van der Waals surface area contributed by atoms with Gasteiger partial charge in [0.15, 0.2) is 11.4 Å². The van der Waals surface area contributed by atoms with Gasteiger partial charge >= 0.3 is 5.65 Å². The Morgan fingerprint density at radius 2 is 2.17 bits per heavy atom. The first kappa shape index (κ1) is 23.1. The van der Waals surface area contributed by atoms with Gasteiger partial charge in [0.2, 0.25) is 0 Å². The Kier molecular flexibility index (Phi) is 6.53. The molecule has 1 amide bonds. The molecule has 3 aromatic heterocycles. The number of nitrogens with one attached hydrogen (secondary N) is 2. The Labute approximate surface area is 206 Å². The number of rotatable bonds is 7. The van der Waals surface area contributed by atoms with Gasteiger partial charge in [0.05, 0.1) is 44.4 Å². The molecule has 4 heterocycles. The lowest BCUT2D eigenvalue weighted by Crippen LogP contribution is -2.38. The Morgan fingerprint density at radius 3 is 2.97 bits per heavy atom. The van der Waals surface area contributed by atoms with Crippen molar-refractivity contribution in [3.63, 3.8) is 0 Å². The summed E-state index contributed by atoms with van der Waals surface area (Å²) in [6.45, 7) is 4.55. The minimum atomic E-state index is -0.407. The molecule has 35 heavy (non-hydrogen) atoms. The number of fused-ring (bicyclic) bond motifs is 1. The van der Waals surface area contributed by atoms with Crippen LogP contribution in [0.15, 0.2) is 42.9 Å². The summed E-state index contributed by atoms with van der Waals surface area (Å²) < 4.78 is 14.5. The molecule has 11 nitrogen and oxygen atoms in total. The zero-order valence-corrected chi connectivity index (χ0v) is 20.0. The van der Waals surface area contributed by atoms with Gasteiger partial charge in [-0.15, -0.1) is 4.52 Å². The van der Waals surface area contributed by atoms with Crippen molar-refractivity contribution in [3.05, 3.63) is 53.4 Å². The average Bonchev–Trinajstić information content (AvgIpc) is 3.42. The van der Waals surface area contributed by atoms with Crippen LogP contribution in [0.5, 0.6) is 5.75 Å². The number of benzene rings is 1. The smallest absolute Gasteiger partial charge is 0.363 e. The monoisotopic (exact) mass is 497 g/mol. The molecule has 4 aromatic rings. The van der Waals surface area contributed by atoms with Crippen LogP contribution in [0.2, 0.25) is 5.02 Å². The Balaban J connectivity index is 1.51. The van der Waals surface area contributed by atoms with E-state index < -0.39 is 5.91 Å². The van der Waals surface area contributed by atoms with E-state index >= 15 is 0 Å². The highest BCUT2D eigenvalue weighted by atomic mass is 35.5. The topological polar surface area (TPSA) is 127 Å². The molecule has 0 unspecified atom stereocenters. The number of hydrogen-bond donors (Lipinski definition) is 3. The maximum atomic E-state index is 13.3. The molecule has 0 saturated carbocycles. The summed E-state index contributed by atoms with van der Waals surface area (Å²) in [5, 5.41) is 11.0. The van der Waals surface area contributed by atoms with E-state index in [1.165, 1.54) is 0 Å². The molecule has 1 aliphatic heterocycles. The fraction of sp³-hybridized carbons (Fsp3) is 0.304. The summed E-state index contributed by atoms with van der Waals surface area (Å²) in [5.74, 6) is 0.416. The molecule has 1 aromatic carbocycles. The van der Waals surface area contributed by atoms with Crippen LogP contribution in [0.1, 0.15) is 10.4 Å². The minimum Gasteiger partial charge on any atom is -0.496 e. The normalized spacial score (nSPS) is 14.3. The molecule has 0 radical (unpaired) electrons. The second kappa shape index (κ2) is 9.90. The number of morpholine rings is 1. The zero-order valence-electron chi connectivity index (χ0n) is 19.2. The van der Waals surface area contributed by atoms with Crippen molar-refractivity contribution in [1.82, 2.24) is 24.8 Å². The molecule has 0 atom stereocenters. The third-order valence-corrected chi connectivity index (χ3v) is 6.18. The van der Waals surface area contributed by atoms with Crippen molar-refractivity contribution in [2.75, 3.05) is 51.0 Å². The molecule has 0 bridgehead atoms. The number of aromatic nitrogens is 5. The van der Waals surface area contributed by atoms with Gasteiger partial charge in [-0.2, -0.15) is 5.10 Å². The first-order valence-corrected chi connectivity index (χ1v) is 11.6. The maximum absolute atomic E-state index is 13.3. The van der Waals surface area contributed by atoms with Crippen LogP contribution in [-0.2, 0) is 11.3 Å². The molecule has 5 rings (SSSR count). The largest absolute Gasteiger partial charge is 0.496 e. The molecule has 1 fully saturated rings. The third-order valence-electron chi connectivity index (χ3n) is 5.94. The molecule has 182 valence electrons. The maximum Gasteiger partial charge on any atom is 0.363 e. The summed E-state index contributed by atoms with van der Waals surface area (Å²) in [5.41, 5.74) is 8.68. The number of halogens is 1. The fourth-order valence-electron chi connectivity index (χ4n) is 4.22. The summed E-state index contributed by atoms with van der Waals surface area (Å²) in [6, 6.07) is 7.09. The Hall–Kier alpha value is -3.67. The van der Waals surface area contributed by atoms with E-state index in [9.17, 15) is 4.79 Å². The molecule has 0 aliphatic carbocycles. The van der Waals surface area contributed by atoms with E-state index in [0.717, 1.165) is 19.6 Å². The predicted octanol–water partition coefficient (Wildman–Crippen LogP) is 1.84. The van der Waals surface area contributed by atoms with Crippen LogP contribution < -0.4 is 20.3 Å². The first-order chi connectivity index (χ1) is 17.0. The van der Waals surface area contributed by atoms with Gasteiger partial charge in [0.25, 0.3) is 5.91 Å². The van der Waals surface area contributed by atoms with Gasteiger partial charge in [0.1, 0.15) is 18.1 Å². The summed E-state index contributed by atoms with van der Waals surface area (Å²) in [4.78, 5) is 20.0. The number of anilines is 2. The van der Waals surface area contributed by atoms with Gasteiger partial charge in [-0.3, -0.25) is 14.4 Å². The molecule has 1 aliphatic rings. The number of H-pyrrole nitrogens is 1. The quantitative estimate of drug-likeness (QED) is 0.332. The van der Waals surface area contributed by atoms with Crippen LogP contribution >= 0.6 is 11.6 Å². The third kappa shape index (κ3) is 4.65. The van der Waals surface area contributed by atoms with Crippen molar-refractivity contribution >= 4 is 34.7 Å². The van der Waals surface area contributed by atoms with Crippen LogP contribution in [0.4, 0.5) is 11.5 Å². The second-order valence-corrected chi connectivity index (χ2v) is 8.53. The van der Waals surface area contributed by atoms with Crippen LogP contribution in [0.3, 0.4) is 0 Å². The van der Waals surface area contributed by atoms with Crippen molar-refractivity contribution in [1.29, 1.82) is 0 Å². The van der Waals surface area contributed by atoms with Crippen molar-refractivity contribution < 1.29 is 18.8 Å². The van der Waals surface area contributed by atoms with E-state index in [2.05, 4.69) is 25.4 Å². The summed E-state index contributed by atoms with van der Waals surface area (Å²) in [7, 11) is 1.59. The molecule has 12 heteroatoms. The standard InChI is InChI=1S/C23H25ClN8O3/c1-34-18-4-3-15(24)13-16(18)20-17(14-27-31(20)8-7-30-9-11-35-12-10-30)28-23(33)19-21(25)29-32-6-2-5-26-22(19)32/h2-6,13-14H,7-12H2,1H3,(H3,25,28,29,33)/p+1. The Morgan fingerprint density at radius 1 is 1.34 bits per heavy atom. The number of hydrogen-bond acceptors (Lipinski definition) is 7. The summed E-state index contributed by atoms with van der Waals surface area (Å²) >= 11 is 6.34. The number of nitrogens with zero attached hydrogens (tertiary/aromatic N) is 5. The van der Waals surface area contributed by atoms with Gasteiger partial charge < -0.3 is 20.5 Å². The fourth-order valence-corrected chi connectivity index (χ4v) is 4.39. The van der Waals surface area contributed by atoms with E-state index in [1.54, 1.807) is 54.5 Å². The lowest BCUT2D eigenvalue weighted by atomic mass is 10.1. The lowest BCUT2D eigenvalue weighted by molar-refractivity contribution is -0.577. The zero-order chi connectivity index (χ0) is 24.4. The SMILES string of the molecule is COc1ccc(Cl)cc1-c1c(NC(=O)c2c(N)[nH][n+]3cccnc23)cnn1CCN1CCOCC1. The second-order valence-electron chi connectivity index (χ2n) is 8.10. The molecule has 4 N–H and O–H groups in total. The number of nitrogen functional groups attached to an aromatic ring is 1. The van der Waals surface area contributed by atoms with E-state index in [-0.39, 0.29) is 11.4 Å². The molecular formula is C23H26ClN8O3+. The number of nitrogens with two attached hydrogens (primary N) is 1. The van der Waals surface area contributed by atoms with Crippen molar-refractivity contribution in [3.8, 4) is 17.0 Å². The van der Waals surface area contributed by atoms with Crippen LogP contribution in [0.25, 0.3) is 16.9 Å². The van der Waals surface area contributed by atoms with Crippen LogP contribution in [0, 0.1) is 0 Å². The molecule has 0 spiro atoms. The highest BCUT2D eigenvalue weighted by Crippen LogP contribution is 2.37. The van der Waals surface area contributed by atoms with E-state index in [1.807, 2.05) is 4.68 Å². The van der Waals surface area contributed by atoms with Crippen molar-refractivity contribution in [2.45, 2.75) is 6.54 Å². The predicted molar refractivity (Wildman–Crippen MR) is 131 cm³/mol. The van der Waals surface area contributed by atoms with Crippen molar-refractivity contribution in [2.24, 2.45) is 0 Å². The van der Waals surface area contributed by atoms with E-state index in [4.69, 9.17) is 26.8 Å². The highest BCUT2D eigenvalue weighted by Gasteiger charge is 2.27. The Bertz CT molecular complexity index is 1360. The van der Waals surface area contributed by atoms with Gasteiger partial charge in [-0.1, -0.05) is 11.6 Å². The number of carbonyl (C=O) groups excluding carboxylic acids is 1. The van der Waals surface area contributed by atoms with Gasteiger partial charge in [-0.25, -0.2) is 5.10 Å². The number of aromatic amines is 1. The number of amides is 1. The average molecular weight is 498 g/mol. The number of ether oxygens (including phenoxy) is 2. The molecule has 1 saturated heterocycles.